The molecule has 0 bridgehead atoms. The maximum absolute atomic E-state index is 11.9. The molecule has 0 N–H and O–H groups in total. The van der Waals surface area contributed by atoms with E-state index in [1.165, 1.54) is 26.1 Å². The standard InChI is InChI=1S/C11H13NO3S/c1-9(2)11(13)12(3)16(14,15)10-7-5-4-6-8-10/h4-8H,1H2,2-3H3. The van der Waals surface area contributed by atoms with Gasteiger partial charge in [0.1, 0.15) is 0 Å². The maximum Gasteiger partial charge on any atom is 0.266 e. The Labute approximate surface area is 95.2 Å². The molecule has 0 saturated carbocycles. The van der Waals surface area contributed by atoms with E-state index in [0.29, 0.717) is 4.31 Å². The van der Waals surface area contributed by atoms with Crippen molar-refractivity contribution in [2.24, 2.45) is 0 Å². The second-order valence-corrected chi connectivity index (χ2v) is 5.34. The molecule has 0 aliphatic heterocycles. The summed E-state index contributed by atoms with van der Waals surface area (Å²) in [4.78, 5) is 11.6. The van der Waals surface area contributed by atoms with Gasteiger partial charge >= 0.3 is 0 Å². The number of carbonyl (C=O) groups excluding carboxylic acids is 1. The minimum atomic E-state index is -3.76. The Kier molecular flexibility index (Phi) is 3.49. The number of nitrogens with zero attached hydrogens (tertiary/aromatic N) is 1. The lowest BCUT2D eigenvalue weighted by atomic mass is 10.3. The van der Waals surface area contributed by atoms with Crippen LogP contribution in [0.1, 0.15) is 6.92 Å². The van der Waals surface area contributed by atoms with E-state index in [4.69, 9.17) is 0 Å². The molecular weight excluding hydrogens is 226 g/mol. The van der Waals surface area contributed by atoms with Crippen LogP contribution in [0.4, 0.5) is 0 Å². The first-order valence-corrected chi connectivity index (χ1v) is 6.05. The average Bonchev–Trinajstić information content (AvgIpc) is 2.28. The van der Waals surface area contributed by atoms with Crippen LogP contribution in [0.2, 0.25) is 0 Å². The van der Waals surface area contributed by atoms with Crippen LogP contribution in [0.25, 0.3) is 0 Å². The fraction of sp³-hybridized carbons (Fsp3) is 0.182. The second-order valence-electron chi connectivity index (χ2n) is 3.37. The van der Waals surface area contributed by atoms with Gasteiger partial charge in [0.05, 0.1) is 4.90 Å². The van der Waals surface area contributed by atoms with Crippen LogP contribution < -0.4 is 0 Å². The molecule has 0 unspecified atom stereocenters. The summed E-state index contributed by atoms with van der Waals surface area (Å²) in [5.41, 5.74) is 0.182. The summed E-state index contributed by atoms with van der Waals surface area (Å²) < 4.78 is 24.6. The van der Waals surface area contributed by atoms with Gasteiger partial charge in [-0.2, -0.15) is 0 Å². The molecule has 0 aliphatic rings. The van der Waals surface area contributed by atoms with Crippen LogP contribution in [-0.4, -0.2) is 25.7 Å². The predicted molar refractivity (Wildman–Crippen MR) is 61.2 cm³/mol. The SMILES string of the molecule is C=C(C)C(=O)N(C)S(=O)(=O)c1ccccc1. The fourth-order valence-electron chi connectivity index (χ4n) is 1.13. The van der Waals surface area contributed by atoms with Crippen molar-refractivity contribution in [2.75, 3.05) is 7.05 Å². The zero-order chi connectivity index (χ0) is 12.3. The van der Waals surface area contributed by atoms with E-state index < -0.39 is 15.9 Å². The number of sulfonamides is 1. The third kappa shape index (κ3) is 2.30. The number of carbonyl (C=O) groups is 1. The fourth-order valence-corrected chi connectivity index (χ4v) is 2.32. The summed E-state index contributed by atoms with van der Waals surface area (Å²) in [7, 11) is -2.54. The Morgan fingerprint density at radius 2 is 1.75 bits per heavy atom. The molecule has 0 fully saturated rings. The maximum atomic E-state index is 11.9. The van der Waals surface area contributed by atoms with Gasteiger partial charge in [0, 0.05) is 12.6 Å². The highest BCUT2D eigenvalue weighted by Gasteiger charge is 2.25. The average molecular weight is 239 g/mol. The van der Waals surface area contributed by atoms with Crippen LogP contribution >= 0.6 is 0 Å². The largest absolute Gasteiger partial charge is 0.268 e. The number of likely N-dealkylation sites (N-methyl/N-ethyl adjacent to an activating group) is 1. The molecule has 86 valence electrons. The minimum Gasteiger partial charge on any atom is -0.268 e. The number of hydrogen-bond acceptors (Lipinski definition) is 3. The number of rotatable bonds is 3. The van der Waals surface area contributed by atoms with Crippen molar-refractivity contribution in [1.82, 2.24) is 4.31 Å². The zero-order valence-electron chi connectivity index (χ0n) is 9.17. The van der Waals surface area contributed by atoms with Crippen LogP contribution in [0.15, 0.2) is 47.4 Å². The van der Waals surface area contributed by atoms with Gasteiger partial charge in [-0.05, 0) is 19.1 Å². The van der Waals surface area contributed by atoms with Crippen molar-refractivity contribution < 1.29 is 13.2 Å². The molecule has 0 atom stereocenters. The van der Waals surface area contributed by atoms with Crippen molar-refractivity contribution in [1.29, 1.82) is 0 Å². The van der Waals surface area contributed by atoms with Crippen LogP contribution in [0, 0.1) is 0 Å². The molecule has 1 aromatic rings. The van der Waals surface area contributed by atoms with Gasteiger partial charge in [-0.25, -0.2) is 12.7 Å². The van der Waals surface area contributed by atoms with E-state index in [0.717, 1.165) is 0 Å². The molecular formula is C11H13NO3S. The molecule has 16 heavy (non-hydrogen) atoms. The summed E-state index contributed by atoms with van der Waals surface area (Å²) in [6, 6.07) is 7.80. The first-order valence-electron chi connectivity index (χ1n) is 4.61. The Balaban J connectivity index is 3.14. The quantitative estimate of drug-likeness (QED) is 0.749. The number of benzene rings is 1. The van der Waals surface area contributed by atoms with E-state index in [9.17, 15) is 13.2 Å². The molecule has 1 aromatic carbocycles. The van der Waals surface area contributed by atoms with Crippen molar-refractivity contribution in [3.05, 3.63) is 42.5 Å². The molecule has 0 spiro atoms. The van der Waals surface area contributed by atoms with Crippen LogP contribution in [0.3, 0.4) is 0 Å². The normalized spacial score (nSPS) is 10.9. The Hall–Kier alpha value is -1.62. The predicted octanol–water partition coefficient (Wildman–Crippen LogP) is 1.41. The summed E-state index contributed by atoms with van der Waals surface area (Å²) >= 11 is 0. The van der Waals surface area contributed by atoms with Gasteiger partial charge in [0.25, 0.3) is 15.9 Å². The van der Waals surface area contributed by atoms with Crippen molar-refractivity contribution in [3.63, 3.8) is 0 Å². The molecule has 0 radical (unpaired) electrons. The van der Waals surface area contributed by atoms with Gasteiger partial charge in [-0.1, -0.05) is 24.8 Å². The molecule has 1 rings (SSSR count). The Morgan fingerprint density at radius 3 is 2.19 bits per heavy atom. The van der Waals surface area contributed by atoms with E-state index in [2.05, 4.69) is 6.58 Å². The first kappa shape index (κ1) is 12.4. The van der Waals surface area contributed by atoms with Gasteiger partial charge in [0.15, 0.2) is 0 Å². The highest BCUT2D eigenvalue weighted by Crippen LogP contribution is 2.14. The van der Waals surface area contributed by atoms with Crippen molar-refractivity contribution >= 4 is 15.9 Å². The molecule has 0 heterocycles. The second kappa shape index (κ2) is 4.49. The third-order valence-electron chi connectivity index (χ3n) is 2.05. The lowest BCUT2D eigenvalue weighted by Gasteiger charge is -2.17. The van der Waals surface area contributed by atoms with Crippen LogP contribution in [-0.2, 0) is 14.8 Å². The van der Waals surface area contributed by atoms with Crippen LogP contribution in [0.5, 0.6) is 0 Å². The highest BCUT2D eigenvalue weighted by atomic mass is 32.2. The Morgan fingerprint density at radius 1 is 1.25 bits per heavy atom. The Bertz CT molecular complexity index is 505. The summed E-state index contributed by atoms with van der Waals surface area (Å²) in [6.07, 6.45) is 0. The number of amides is 1. The van der Waals surface area contributed by atoms with Gasteiger partial charge < -0.3 is 0 Å². The molecule has 5 heteroatoms. The van der Waals surface area contributed by atoms with E-state index in [-0.39, 0.29) is 10.5 Å². The minimum absolute atomic E-state index is 0.0899. The molecule has 1 amide bonds. The number of hydrogen-bond donors (Lipinski definition) is 0. The monoisotopic (exact) mass is 239 g/mol. The van der Waals surface area contributed by atoms with Gasteiger partial charge in [0.2, 0.25) is 0 Å². The topological polar surface area (TPSA) is 54.5 Å². The van der Waals surface area contributed by atoms with Crippen molar-refractivity contribution in [2.45, 2.75) is 11.8 Å². The van der Waals surface area contributed by atoms with Gasteiger partial charge in [-0.15, -0.1) is 0 Å². The lowest BCUT2D eigenvalue weighted by molar-refractivity contribution is -0.121. The first-order chi connectivity index (χ1) is 7.37. The van der Waals surface area contributed by atoms with E-state index in [1.807, 2.05) is 0 Å². The van der Waals surface area contributed by atoms with E-state index in [1.54, 1.807) is 18.2 Å². The van der Waals surface area contributed by atoms with Crippen molar-refractivity contribution in [3.8, 4) is 0 Å². The molecule has 0 aromatic heterocycles. The highest BCUT2D eigenvalue weighted by molar-refractivity contribution is 7.89. The summed E-state index contributed by atoms with van der Waals surface area (Å²) in [6.45, 7) is 4.90. The molecule has 0 saturated heterocycles. The van der Waals surface area contributed by atoms with Gasteiger partial charge in [-0.3, -0.25) is 4.79 Å². The smallest absolute Gasteiger partial charge is 0.266 e. The molecule has 4 nitrogen and oxygen atoms in total. The zero-order valence-corrected chi connectivity index (χ0v) is 9.99. The molecule has 0 aliphatic carbocycles. The summed E-state index contributed by atoms with van der Waals surface area (Å²) in [5.74, 6) is -0.608. The lowest BCUT2D eigenvalue weighted by Crippen LogP contribution is -2.33. The van der Waals surface area contributed by atoms with E-state index >= 15 is 0 Å². The summed E-state index contributed by atoms with van der Waals surface area (Å²) in [5, 5.41) is 0. The third-order valence-corrected chi connectivity index (χ3v) is 3.81.